The Morgan fingerprint density at radius 2 is 2.13 bits per heavy atom. The number of hydrogen-bond donors (Lipinski definition) is 0. The smallest absolute Gasteiger partial charge is 0.211 e. The van der Waals surface area contributed by atoms with Crippen LogP contribution in [0.2, 0.25) is 0 Å². The average Bonchev–Trinajstić information content (AvgIpc) is 2.18. The number of hydrogen-bond acceptors (Lipinski definition) is 2. The van der Waals surface area contributed by atoms with Crippen LogP contribution in [0.3, 0.4) is 0 Å². The minimum absolute atomic E-state index is 0.330. The van der Waals surface area contributed by atoms with Crippen LogP contribution in [0.4, 0.5) is 5.69 Å². The summed E-state index contributed by atoms with van der Waals surface area (Å²) in [5.41, 5.74) is 3.85. The van der Waals surface area contributed by atoms with Crippen LogP contribution in [-0.4, -0.2) is 6.08 Å². The Morgan fingerprint density at radius 1 is 1.47 bits per heavy atom. The molecule has 0 radical (unpaired) electrons. The van der Waals surface area contributed by atoms with E-state index in [4.69, 9.17) is 0 Å². The van der Waals surface area contributed by atoms with E-state index in [0.717, 1.165) is 16.7 Å². The van der Waals surface area contributed by atoms with Crippen molar-refractivity contribution in [2.45, 2.75) is 26.7 Å². The van der Waals surface area contributed by atoms with Crippen molar-refractivity contribution < 1.29 is 4.79 Å². The molecule has 0 aromatic heterocycles. The molecular formula is C13H15NO. The van der Waals surface area contributed by atoms with Crippen molar-refractivity contribution in [2.75, 3.05) is 0 Å². The van der Waals surface area contributed by atoms with Crippen LogP contribution in [0.5, 0.6) is 0 Å². The molecule has 0 aliphatic carbocycles. The fourth-order valence-corrected chi connectivity index (χ4v) is 1.43. The summed E-state index contributed by atoms with van der Waals surface area (Å²) in [7, 11) is 0. The van der Waals surface area contributed by atoms with Gasteiger partial charge in [0.2, 0.25) is 6.08 Å². The SMILES string of the molecule is C=C(C)c1ccc(N=C=O)c(C(C)C)c1. The number of isocyanates is 1. The van der Waals surface area contributed by atoms with E-state index < -0.39 is 0 Å². The fraction of sp³-hybridized carbons (Fsp3) is 0.308. The molecule has 0 saturated carbocycles. The third-order valence-electron chi connectivity index (χ3n) is 2.31. The van der Waals surface area contributed by atoms with Gasteiger partial charge in [0.05, 0.1) is 5.69 Å². The van der Waals surface area contributed by atoms with Gasteiger partial charge >= 0.3 is 0 Å². The van der Waals surface area contributed by atoms with Crippen LogP contribution < -0.4 is 0 Å². The second-order valence-corrected chi connectivity index (χ2v) is 3.91. The summed E-state index contributed by atoms with van der Waals surface area (Å²) in [5.74, 6) is 0.330. The molecule has 0 spiro atoms. The van der Waals surface area contributed by atoms with Gasteiger partial charge in [-0.3, -0.25) is 0 Å². The van der Waals surface area contributed by atoms with Crippen LogP contribution in [0.1, 0.15) is 37.8 Å². The average molecular weight is 201 g/mol. The first kappa shape index (κ1) is 11.4. The highest BCUT2D eigenvalue weighted by molar-refractivity contribution is 5.66. The topological polar surface area (TPSA) is 29.4 Å². The molecule has 1 aromatic rings. The van der Waals surface area contributed by atoms with Crippen molar-refractivity contribution in [1.29, 1.82) is 0 Å². The molecule has 0 amide bonds. The van der Waals surface area contributed by atoms with E-state index in [9.17, 15) is 4.79 Å². The first-order chi connectivity index (χ1) is 7.06. The predicted molar refractivity (Wildman–Crippen MR) is 63.0 cm³/mol. The Morgan fingerprint density at radius 3 is 2.60 bits per heavy atom. The molecule has 0 atom stereocenters. The molecule has 2 nitrogen and oxygen atoms in total. The number of nitrogens with zero attached hydrogens (tertiary/aromatic N) is 1. The van der Waals surface area contributed by atoms with Gasteiger partial charge in [0.25, 0.3) is 0 Å². The zero-order chi connectivity index (χ0) is 11.4. The van der Waals surface area contributed by atoms with Gasteiger partial charge in [0.1, 0.15) is 0 Å². The summed E-state index contributed by atoms with van der Waals surface area (Å²) in [5, 5.41) is 0. The monoisotopic (exact) mass is 201 g/mol. The molecule has 0 aliphatic rings. The fourth-order valence-electron chi connectivity index (χ4n) is 1.43. The first-order valence-electron chi connectivity index (χ1n) is 4.94. The molecule has 0 unspecified atom stereocenters. The largest absolute Gasteiger partial charge is 0.240 e. The minimum atomic E-state index is 0.330. The number of rotatable bonds is 3. The molecular weight excluding hydrogens is 186 g/mol. The van der Waals surface area contributed by atoms with Crippen molar-refractivity contribution in [2.24, 2.45) is 4.99 Å². The van der Waals surface area contributed by atoms with Gasteiger partial charge in [-0.15, -0.1) is 0 Å². The normalized spacial score (nSPS) is 9.87. The second-order valence-electron chi connectivity index (χ2n) is 3.91. The molecule has 15 heavy (non-hydrogen) atoms. The van der Waals surface area contributed by atoms with Crippen molar-refractivity contribution in [1.82, 2.24) is 0 Å². The molecule has 78 valence electrons. The Bertz CT molecular complexity index is 426. The lowest BCUT2D eigenvalue weighted by atomic mass is 9.96. The summed E-state index contributed by atoms with van der Waals surface area (Å²) in [6.07, 6.45) is 1.58. The molecule has 0 bridgehead atoms. The van der Waals surface area contributed by atoms with Crippen LogP contribution in [-0.2, 0) is 4.79 Å². The van der Waals surface area contributed by atoms with Gasteiger partial charge in [-0.05, 0) is 36.1 Å². The van der Waals surface area contributed by atoms with Crippen LogP contribution in [0.25, 0.3) is 5.57 Å². The lowest BCUT2D eigenvalue weighted by Gasteiger charge is -2.10. The summed E-state index contributed by atoms with van der Waals surface area (Å²) >= 11 is 0. The zero-order valence-electron chi connectivity index (χ0n) is 9.37. The number of benzene rings is 1. The maximum atomic E-state index is 10.3. The summed E-state index contributed by atoms with van der Waals surface area (Å²) in [6, 6.07) is 5.79. The Kier molecular flexibility index (Phi) is 3.59. The highest BCUT2D eigenvalue weighted by Gasteiger charge is 2.07. The molecule has 1 rings (SSSR count). The minimum Gasteiger partial charge on any atom is -0.211 e. The van der Waals surface area contributed by atoms with Crippen molar-refractivity contribution in [3.05, 3.63) is 35.9 Å². The maximum absolute atomic E-state index is 10.3. The van der Waals surface area contributed by atoms with Crippen LogP contribution in [0, 0.1) is 0 Å². The zero-order valence-corrected chi connectivity index (χ0v) is 9.37. The van der Waals surface area contributed by atoms with E-state index in [-0.39, 0.29) is 0 Å². The third-order valence-corrected chi connectivity index (χ3v) is 2.31. The standard InChI is InChI=1S/C13H15NO/c1-9(2)11-5-6-13(14-8-15)12(7-11)10(3)4/h5-7,10H,1H2,2-4H3. The van der Waals surface area contributed by atoms with E-state index in [1.54, 1.807) is 6.08 Å². The third kappa shape index (κ3) is 2.64. The van der Waals surface area contributed by atoms with Gasteiger partial charge in [-0.25, -0.2) is 4.79 Å². The second kappa shape index (κ2) is 4.72. The van der Waals surface area contributed by atoms with Crippen molar-refractivity contribution in [3.8, 4) is 0 Å². The van der Waals surface area contributed by atoms with Crippen molar-refractivity contribution in [3.63, 3.8) is 0 Å². The lowest BCUT2D eigenvalue weighted by Crippen LogP contribution is -1.90. The maximum Gasteiger partial charge on any atom is 0.240 e. The predicted octanol–water partition coefficient (Wildman–Crippen LogP) is 3.81. The molecule has 0 aliphatic heterocycles. The molecule has 0 N–H and O–H groups in total. The Labute approximate surface area is 90.4 Å². The molecule has 0 fully saturated rings. The number of carbonyl (C=O) groups excluding carboxylic acids is 1. The molecule has 0 heterocycles. The van der Waals surface area contributed by atoms with Gasteiger partial charge < -0.3 is 0 Å². The number of allylic oxidation sites excluding steroid dienone is 1. The van der Waals surface area contributed by atoms with E-state index in [0.29, 0.717) is 11.6 Å². The molecule has 1 aromatic carbocycles. The van der Waals surface area contributed by atoms with Gasteiger partial charge in [-0.2, -0.15) is 4.99 Å². The lowest BCUT2D eigenvalue weighted by molar-refractivity contribution is 0.565. The highest BCUT2D eigenvalue weighted by atomic mass is 16.1. The molecule has 0 saturated heterocycles. The quantitative estimate of drug-likeness (QED) is 0.540. The van der Waals surface area contributed by atoms with Crippen LogP contribution >= 0.6 is 0 Å². The van der Waals surface area contributed by atoms with Gasteiger partial charge in [0.15, 0.2) is 0 Å². The van der Waals surface area contributed by atoms with E-state index >= 15 is 0 Å². The molecule has 2 heteroatoms. The summed E-state index contributed by atoms with van der Waals surface area (Å²) in [4.78, 5) is 14.0. The van der Waals surface area contributed by atoms with E-state index in [1.165, 1.54) is 0 Å². The Hall–Kier alpha value is -1.66. The van der Waals surface area contributed by atoms with Crippen molar-refractivity contribution >= 4 is 17.3 Å². The Balaban J connectivity index is 3.32. The van der Waals surface area contributed by atoms with Gasteiger partial charge in [-0.1, -0.05) is 32.1 Å². The summed E-state index contributed by atoms with van der Waals surface area (Å²) in [6.45, 7) is 10.00. The summed E-state index contributed by atoms with van der Waals surface area (Å²) < 4.78 is 0. The number of aliphatic imine (C=N–C) groups is 1. The van der Waals surface area contributed by atoms with E-state index in [1.807, 2.05) is 25.1 Å². The van der Waals surface area contributed by atoms with E-state index in [2.05, 4.69) is 25.4 Å². The highest BCUT2D eigenvalue weighted by Crippen LogP contribution is 2.29. The first-order valence-corrected chi connectivity index (χ1v) is 4.94. The van der Waals surface area contributed by atoms with Gasteiger partial charge in [0, 0.05) is 0 Å². The van der Waals surface area contributed by atoms with Crippen LogP contribution in [0.15, 0.2) is 29.8 Å².